The first-order valence-electron chi connectivity index (χ1n) is 4.99. The lowest BCUT2D eigenvalue weighted by Gasteiger charge is -2.06. The molecule has 1 aromatic carbocycles. The van der Waals surface area contributed by atoms with Crippen LogP contribution in [-0.4, -0.2) is 10.9 Å². The molecule has 7 heteroatoms. The number of nitrogens with zero attached hydrogens (tertiary/aromatic N) is 1. The zero-order chi connectivity index (χ0) is 13.1. The molecular weight excluding hydrogens is 260 g/mol. The van der Waals surface area contributed by atoms with Crippen LogP contribution < -0.4 is 11.1 Å². The van der Waals surface area contributed by atoms with Crippen LogP contribution in [0.15, 0.2) is 23.7 Å². The summed E-state index contributed by atoms with van der Waals surface area (Å²) >= 11 is 1.35. The minimum absolute atomic E-state index is 0.159. The van der Waals surface area contributed by atoms with Gasteiger partial charge in [0, 0.05) is 11.6 Å². The number of anilines is 1. The van der Waals surface area contributed by atoms with Crippen LogP contribution in [0.3, 0.4) is 0 Å². The number of nitrogens with two attached hydrogens (primary N) is 1. The van der Waals surface area contributed by atoms with E-state index < -0.39 is 28.8 Å². The lowest BCUT2D eigenvalue weighted by Crippen LogP contribution is -2.24. The van der Waals surface area contributed by atoms with Crippen LogP contribution in [0.4, 0.5) is 14.5 Å². The highest BCUT2D eigenvalue weighted by Crippen LogP contribution is 2.17. The molecule has 2 aromatic rings. The number of carbonyl (C=O) groups excluding carboxylic acids is 1. The Hall–Kier alpha value is -2.02. The smallest absolute Gasteiger partial charge is 0.254 e. The maximum atomic E-state index is 13.5. The number of aromatic nitrogens is 1. The van der Waals surface area contributed by atoms with Crippen LogP contribution >= 0.6 is 11.3 Å². The Kier molecular flexibility index (Phi) is 3.52. The molecule has 0 saturated carbocycles. The monoisotopic (exact) mass is 269 g/mol. The summed E-state index contributed by atoms with van der Waals surface area (Å²) in [5.74, 6) is -2.41. The molecule has 0 aliphatic heterocycles. The molecule has 4 nitrogen and oxygen atoms in total. The Balaban J connectivity index is 2.14. The molecule has 2 rings (SSSR count). The zero-order valence-electron chi connectivity index (χ0n) is 9.11. The van der Waals surface area contributed by atoms with Gasteiger partial charge in [-0.1, -0.05) is 0 Å². The summed E-state index contributed by atoms with van der Waals surface area (Å²) in [5, 5.41) is 4.87. The van der Waals surface area contributed by atoms with Crippen molar-refractivity contribution in [2.75, 3.05) is 5.73 Å². The first kappa shape index (κ1) is 12.4. The van der Waals surface area contributed by atoms with Gasteiger partial charge in [0.25, 0.3) is 5.91 Å². The molecular formula is C11H9F2N3OS. The van der Waals surface area contributed by atoms with Crippen LogP contribution in [0.2, 0.25) is 0 Å². The number of rotatable bonds is 3. The quantitative estimate of drug-likeness (QED) is 0.837. The number of hydrogen-bond acceptors (Lipinski definition) is 4. The van der Waals surface area contributed by atoms with Crippen LogP contribution in [-0.2, 0) is 6.54 Å². The lowest BCUT2D eigenvalue weighted by atomic mass is 10.1. The number of carbonyl (C=O) groups is 1. The van der Waals surface area contributed by atoms with Gasteiger partial charge in [-0.3, -0.25) is 4.79 Å². The molecule has 94 valence electrons. The summed E-state index contributed by atoms with van der Waals surface area (Å²) in [6.45, 7) is 0.159. The fraction of sp³-hybridized carbons (Fsp3) is 0.0909. The molecule has 0 fully saturated rings. The molecule has 0 radical (unpaired) electrons. The van der Waals surface area contributed by atoms with Crippen molar-refractivity contribution in [3.05, 3.63) is 45.9 Å². The topological polar surface area (TPSA) is 68.0 Å². The summed E-state index contributed by atoms with van der Waals surface area (Å²) in [4.78, 5) is 15.6. The second-order valence-corrected chi connectivity index (χ2v) is 4.44. The third kappa shape index (κ3) is 2.62. The molecule has 3 N–H and O–H groups in total. The normalized spacial score (nSPS) is 10.3. The van der Waals surface area contributed by atoms with Gasteiger partial charge in [0.1, 0.15) is 10.8 Å². The number of halogens is 2. The first-order chi connectivity index (χ1) is 8.58. The third-order valence-corrected chi connectivity index (χ3v) is 2.97. The highest BCUT2D eigenvalue weighted by atomic mass is 32.1. The third-order valence-electron chi connectivity index (χ3n) is 2.19. The van der Waals surface area contributed by atoms with Crippen molar-refractivity contribution in [2.24, 2.45) is 0 Å². The van der Waals surface area contributed by atoms with E-state index >= 15 is 0 Å². The molecule has 1 amide bonds. The summed E-state index contributed by atoms with van der Waals surface area (Å²) in [7, 11) is 0. The van der Waals surface area contributed by atoms with Crippen LogP contribution in [0.1, 0.15) is 15.4 Å². The van der Waals surface area contributed by atoms with Crippen molar-refractivity contribution in [2.45, 2.75) is 6.54 Å². The minimum Gasteiger partial charge on any atom is -0.396 e. The minimum atomic E-state index is -0.923. The van der Waals surface area contributed by atoms with Crippen molar-refractivity contribution in [3.63, 3.8) is 0 Å². The van der Waals surface area contributed by atoms with E-state index in [1.165, 1.54) is 11.3 Å². The van der Waals surface area contributed by atoms with E-state index in [0.29, 0.717) is 5.01 Å². The van der Waals surface area contributed by atoms with Gasteiger partial charge in [-0.2, -0.15) is 0 Å². The van der Waals surface area contributed by atoms with Gasteiger partial charge in [0.05, 0.1) is 17.8 Å². The van der Waals surface area contributed by atoms with Crippen LogP contribution in [0.25, 0.3) is 0 Å². The number of benzene rings is 1. The van der Waals surface area contributed by atoms with Gasteiger partial charge in [-0.15, -0.1) is 11.3 Å². The molecule has 0 saturated heterocycles. The van der Waals surface area contributed by atoms with Crippen molar-refractivity contribution < 1.29 is 13.6 Å². The summed E-state index contributed by atoms with van der Waals surface area (Å²) in [5.41, 5.74) is 4.44. The van der Waals surface area contributed by atoms with E-state index in [1.54, 1.807) is 11.6 Å². The van der Waals surface area contributed by atoms with Crippen LogP contribution in [0.5, 0.6) is 0 Å². The van der Waals surface area contributed by atoms with Gasteiger partial charge >= 0.3 is 0 Å². The Labute approximate surface area is 105 Å². The largest absolute Gasteiger partial charge is 0.396 e. The van der Waals surface area contributed by atoms with Gasteiger partial charge in [-0.05, 0) is 12.1 Å². The Bertz CT molecular complexity index is 572. The van der Waals surface area contributed by atoms with Gasteiger partial charge in [-0.25, -0.2) is 13.8 Å². The predicted octanol–water partition coefficient (Wildman–Crippen LogP) is 1.93. The molecule has 0 atom stereocenters. The average molecular weight is 269 g/mol. The Morgan fingerprint density at radius 1 is 1.44 bits per heavy atom. The number of hydrogen-bond donors (Lipinski definition) is 2. The van der Waals surface area contributed by atoms with Crippen molar-refractivity contribution >= 4 is 22.9 Å². The maximum Gasteiger partial charge on any atom is 0.254 e. The van der Waals surface area contributed by atoms with Crippen LogP contribution in [0, 0.1) is 11.6 Å². The van der Waals surface area contributed by atoms with E-state index in [1.807, 2.05) is 0 Å². The van der Waals surface area contributed by atoms with Crippen molar-refractivity contribution in [3.8, 4) is 0 Å². The second kappa shape index (κ2) is 5.09. The first-order valence-corrected chi connectivity index (χ1v) is 5.87. The number of amides is 1. The molecule has 0 bridgehead atoms. The summed E-state index contributed by atoms with van der Waals surface area (Å²) in [6, 6.07) is 1.63. The van der Waals surface area contributed by atoms with E-state index in [2.05, 4.69) is 10.3 Å². The highest BCUT2D eigenvalue weighted by molar-refractivity contribution is 7.09. The van der Waals surface area contributed by atoms with E-state index in [9.17, 15) is 13.6 Å². The molecule has 0 spiro atoms. The van der Waals surface area contributed by atoms with Crippen molar-refractivity contribution in [1.29, 1.82) is 0 Å². The second-order valence-electron chi connectivity index (χ2n) is 3.47. The fourth-order valence-corrected chi connectivity index (χ4v) is 1.92. The number of thiazole rings is 1. The van der Waals surface area contributed by atoms with Crippen molar-refractivity contribution in [1.82, 2.24) is 10.3 Å². The van der Waals surface area contributed by atoms with Gasteiger partial charge < -0.3 is 11.1 Å². The SMILES string of the molecule is Nc1cc(F)cc(C(=O)NCc2nccs2)c1F. The van der Waals surface area contributed by atoms with E-state index in [4.69, 9.17) is 5.73 Å². The lowest BCUT2D eigenvalue weighted by molar-refractivity contribution is 0.0946. The zero-order valence-corrected chi connectivity index (χ0v) is 9.93. The molecule has 1 aromatic heterocycles. The Morgan fingerprint density at radius 2 is 2.22 bits per heavy atom. The average Bonchev–Trinajstić information content (AvgIpc) is 2.83. The Morgan fingerprint density at radius 3 is 2.89 bits per heavy atom. The van der Waals surface area contributed by atoms with Gasteiger partial charge in [0.15, 0.2) is 5.82 Å². The van der Waals surface area contributed by atoms with Gasteiger partial charge in [0.2, 0.25) is 0 Å². The maximum absolute atomic E-state index is 13.5. The summed E-state index contributed by atoms with van der Waals surface area (Å²) < 4.78 is 26.6. The fourth-order valence-electron chi connectivity index (χ4n) is 1.37. The molecule has 18 heavy (non-hydrogen) atoms. The van der Waals surface area contributed by atoms with E-state index in [0.717, 1.165) is 12.1 Å². The number of nitrogen functional groups attached to an aromatic ring is 1. The predicted molar refractivity (Wildman–Crippen MR) is 64.1 cm³/mol. The summed E-state index contributed by atoms with van der Waals surface area (Å²) in [6.07, 6.45) is 1.59. The van der Waals surface area contributed by atoms with E-state index in [-0.39, 0.29) is 6.54 Å². The molecule has 0 aliphatic carbocycles. The molecule has 0 unspecified atom stereocenters. The standard InChI is InChI=1S/C11H9F2N3OS/c12-6-3-7(10(13)8(14)4-6)11(17)16-5-9-15-1-2-18-9/h1-4H,5,14H2,(H,16,17). The number of nitrogens with one attached hydrogen (secondary N) is 1. The molecule has 1 heterocycles. The highest BCUT2D eigenvalue weighted by Gasteiger charge is 2.16. The molecule has 0 aliphatic rings.